The highest BCUT2D eigenvalue weighted by atomic mass is 32.1. The summed E-state index contributed by atoms with van der Waals surface area (Å²) in [5.74, 6) is 0.552. The summed E-state index contributed by atoms with van der Waals surface area (Å²) >= 11 is 1.53. The molecule has 0 bridgehead atoms. The number of hydrogen-bond donors (Lipinski definition) is 2. The molecule has 0 atom stereocenters. The zero-order chi connectivity index (χ0) is 20.1. The van der Waals surface area contributed by atoms with Crippen molar-refractivity contribution < 1.29 is 9.53 Å². The van der Waals surface area contributed by atoms with Crippen molar-refractivity contribution in [1.82, 2.24) is 5.32 Å². The molecule has 0 radical (unpaired) electrons. The Morgan fingerprint density at radius 2 is 1.90 bits per heavy atom. The molecule has 0 saturated carbocycles. The highest BCUT2D eigenvalue weighted by Crippen LogP contribution is 2.27. The number of ether oxygens (including phenoxy) is 1. The van der Waals surface area contributed by atoms with E-state index in [0.717, 1.165) is 21.8 Å². The molecule has 2 aromatic carbocycles. The minimum Gasteiger partial charge on any atom is -0.489 e. The second-order valence-electron chi connectivity index (χ2n) is 6.65. The lowest BCUT2D eigenvalue weighted by molar-refractivity contribution is -0.114. The first-order chi connectivity index (χ1) is 14.2. The van der Waals surface area contributed by atoms with E-state index in [0.29, 0.717) is 17.9 Å². The van der Waals surface area contributed by atoms with E-state index in [1.54, 1.807) is 0 Å². The van der Waals surface area contributed by atoms with Gasteiger partial charge in [-0.25, -0.2) is 0 Å². The molecular weight excluding hydrogens is 382 g/mol. The largest absolute Gasteiger partial charge is 0.489 e. The molecule has 0 unspecified atom stereocenters. The van der Waals surface area contributed by atoms with Crippen molar-refractivity contribution in [2.45, 2.75) is 6.92 Å². The van der Waals surface area contributed by atoms with Crippen LogP contribution < -0.4 is 10.7 Å². The van der Waals surface area contributed by atoms with Crippen LogP contribution in [0.4, 0.5) is 5.69 Å². The molecule has 146 valence electrons. The van der Waals surface area contributed by atoms with Gasteiger partial charge in [0.25, 0.3) is 5.91 Å². The topological polar surface area (TPSA) is 62.7 Å². The third-order valence-corrected chi connectivity index (χ3v) is 5.43. The Labute approximate surface area is 173 Å². The monoisotopic (exact) mass is 403 g/mol. The van der Waals surface area contributed by atoms with Gasteiger partial charge in [-0.1, -0.05) is 54.1 Å². The van der Waals surface area contributed by atoms with Gasteiger partial charge in [0.15, 0.2) is 0 Å². The van der Waals surface area contributed by atoms with Gasteiger partial charge in [0.1, 0.15) is 18.1 Å². The van der Waals surface area contributed by atoms with E-state index in [1.165, 1.54) is 16.9 Å². The fraction of sp³-hybridized carbons (Fsp3) is 0.130. The zero-order valence-electron chi connectivity index (χ0n) is 16.0. The molecule has 4 rings (SSSR count). The van der Waals surface area contributed by atoms with E-state index in [-0.39, 0.29) is 12.5 Å². The van der Waals surface area contributed by atoms with E-state index in [9.17, 15) is 4.79 Å². The quantitative estimate of drug-likeness (QED) is 0.453. The number of amides is 1. The number of thiophene rings is 1. The number of nitrogens with one attached hydrogen (secondary N) is 2. The molecule has 1 aliphatic heterocycles. The Morgan fingerprint density at radius 1 is 1.10 bits per heavy atom. The minimum atomic E-state index is -0.0984. The van der Waals surface area contributed by atoms with Crippen LogP contribution in [0.15, 0.2) is 83.0 Å². The van der Waals surface area contributed by atoms with Gasteiger partial charge in [-0.15, -0.1) is 11.3 Å². The Morgan fingerprint density at radius 3 is 2.62 bits per heavy atom. The molecule has 5 nitrogen and oxygen atoms in total. The first-order valence-corrected chi connectivity index (χ1v) is 10.2. The molecule has 29 heavy (non-hydrogen) atoms. The van der Waals surface area contributed by atoms with Crippen molar-refractivity contribution in [3.63, 3.8) is 0 Å². The number of carbonyl (C=O) groups excluding carboxylic acids is 1. The molecule has 1 amide bonds. The molecule has 3 aromatic rings. The third-order valence-electron chi connectivity index (χ3n) is 4.54. The predicted molar refractivity (Wildman–Crippen MR) is 118 cm³/mol. The minimum absolute atomic E-state index is 0.0984. The first kappa shape index (κ1) is 19.0. The van der Waals surface area contributed by atoms with Crippen molar-refractivity contribution in [3.8, 4) is 0 Å². The molecule has 0 spiro atoms. The summed E-state index contributed by atoms with van der Waals surface area (Å²) in [4.78, 5) is 13.2. The van der Waals surface area contributed by atoms with Crippen LogP contribution in [0.2, 0.25) is 0 Å². The van der Waals surface area contributed by atoms with Gasteiger partial charge in [0.2, 0.25) is 0 Å². The maximum atomic E-state index is 12.3. The van der Waals surface area contributed by atoms with Crippen molar-refractivity contribution in [3.05, 3.63) is 93.9 Å². The van der Waals surface area contributed by atoms with Crippen molar-refractivity contribution >= 4 is 34.2 Å². The Hall–Kier alpha value is -3.38. The molecule has 1 aromatic heterocycles. The summed E-state index contributed by atoms with van der Waals surface area (Å²) in [5, 5.41) is 9.38. The van der Waals surface area contributed by atoms with Gasteiger partial charge in [0, 0.05) is 10.4 Å². The van der Waals surface area contributed by atoms with Crippen LogP contribution in [-0.4, -0.2) is 24.8 Å². The van der Waals surface area contributed by atoms with Crippen molar-refractivity contribution in [2.24, 2.45) is 5.10 Å². The maximum absolute atomic E-state index is 12.3. The van der Waals surface area contributed by atoms with Gasteiger partial charge in [-0.3, -0.25) is 10.2 Å². The highest BCUT2D eigenvalue weighted by molar-refractivity contribution is 7.11. The average Bonchev–Trinajstić information content (AvgIpc) is 3.39. The Kier molecular flexibility index (Phi) is 5.72. The number of benzene rings is 2. The molecule has 2 heterocycles. The average molecular weight is 404 g/mol. The smallest absolute Gasteiger partial charge is 0.256 e. The van der Waals surface area contributed by atoms with Crippen molar-refractivity contribution in [2.75, 3.05) is 18.6 Å². The summed E-state index contributed by atoms with van der Waals surface area (Å²) < 4.78 is 6.08. The normalized spacial score (nSPS) is 14.1. The van der Waals surface area contributed by atoms with Crippen LogP contribution in [0, 0.1) is 6.92 Å². The zero-order valence-corrected chi connectivity index (χ0v) is 16.8. The Bertz CT molecular complexity index is 1040. The fourth-order valence-corrected chi connectivity index (χ4v) is 3.77. The lowest BCUT2D eigenvalue weighted by Gasteiger charge is -2.12. The summed E-state index contributed by atoms with van der Waals surface area (Å²) in [7, 11) is 0. The summed E-state index contributed by atoms with van der Waals surface area (Å²) in [6.07, 6.45) is 0. The van der Waals surface area contributed by atoms with Gasteiger partial charge in [-0.05, 0) is 30.5 Å². The molecule has 6 heteroatoms. The van der Waals surface area contributed by atoms with Crippen LogP contribution in [-0.2, 0) is 9.53 Å². The van der Waals surface area contributed by atoms with E-state index in [4.69, 9.17) is 4.74 Å². The second kappa shape index (κ2) is 8.75. The number of para-hydroxylation sites is 1. The SMILES string of the molecule is Cc1ccc(C(COC2=C(c3cccs3)C(=O)NC2)=NNc2ccccc2)cc1. The van der Waals surface area contributed by atoms with Crippen LogP contribution in [0.25, 0.3) is 5.57 Å². The number of hydrazone groups is 1. The lowest BCUT2D eigenvalue weighted by atomic mass is 10.1. The van der Waals surface area contributed by atoms with Gasteiger partial charge < -0.3 is 10.1 Å². The number of carbonyl (C=O) groups is 1. The number of nitrogens with zero attached hydrogens (tertiary/aromatic N) is 1. The van der Waals surface area contributed by atoms with E-state index >= 15 is 0 Å². The number of rotatable bonds is 7. The van der Waals surface area contributed by atoms with Gasteiger partial charge >= 0.3 is 0 Å². The van der Waals surface area contributed by atoms with Gasteiger partial charge in [0.05, 0.1) is 17.8 Å². The number of aryl methyl sites for hydroxylation is 1. The molecule has 0 saturated heterocycles. The second-order valence-corrected chi connectivity index (χ2v) is 7.60. The summed E-state index contributed by atoms with van der Waals surface area (Å²) in [6.45, 7) is 2.69. The Balaban J connectivity index is 1.58. The van der Waals surface area contributed by atoms with E-state index in [2.05, 4.69) is 15.8 Å². The third kappa shape index (κ3) is 4.55. The van der Waals surface area contributed by atoms with Crippen LogP contribution in [0.3, 0.4) is 0 Å². The predicted octanol–water partition coefficient (Wildman–Crippen LogP) is 4.43. The van der Waals surface area contributed by atoms with Gasteiger partial charge in [-0.2, -0.15) is 5.10 Å². The van der Waals surface area contributed by atoms with E-state index < -0.39 is 0 Å². The van der Waals surface area contributed by atoms with Crippen LogP contribution in [0.1, 0.15) is 16.0 Å². The summed E-state index contributed by atoms with van der Waals surface area (Å²) in [6, 6.07) is 21.8. The maximum Gasteiger partial charge on any atom is 0.256 e. The highest BCUT2D eigenvalue weighted by Gasteiger charge is 2.26. The lowest BCUT2D eigenvalue weighted by Crippen LogP contribution is -2.18. The van der Waals surface area contributed by atoms with E-state index in [1.807, 2.05) is 79.0 Å². The molecular formula is C23H21N3O2S. The molecule has 0 aliphatic carbocycles. The molecule has 1 aliphatic rings. The standard InChI is InChI=1S/C23H21N3O2S/c1-16-9-11-17(12-10-16)19(26-25-18-6-3-2-4-7-18)15-28-20-14-24-23(27)22(20)21-8-5-13-29-21/h2-13,25H,14-15H2,1H3,(H,24,27). The summed E-state index contributed by atoms with van der Waals surface area (Å²) in [5.41, 5.74) is 7.50. The number of hydrogen-bond acceptors (Lipinski definition) is 5. The molecule has 0 fully saturated rings. The molecule has 2 N–H and O–H groups in total. The fourth-order valence-electron chi connectivity index (χ4n) is 2.98. The number of anilines is 1. The van der Waals surface area contributed by atoms with Crippen molar-refractivity contribution in [1.29, 1.82) is 0 Å². The van der Waals surface area contributed by atoms with Crippen LogP contribution >= 0.6 is 11.3 Å². The first-order valence-electron chi connectivity index (χ1n) is 9.33. The van der Waals surface area contributed by atoms with Crippen LogP contribution in [0.5, 0.6) is 0 Å².